The van der Waals surface area contributed by atoms with Gasteiger partial charge in [0, 0.05) is 0 Å². The Morgan fingerprint density at radius 1 is 0.364 bits per heavy atom. The minimum Gasteiger partial charge on any atom is -0.202 e. The maximum Gasteiger partial charge on any atom is 0.316 e. The molecule has 0 bridgehead atoms. The van der Waals surface area contributed by atoms with Crippen LogP contribution in [-0.4, -0.2) is 0 Å². The molecule has 0 unspecified atom stereocenters. The highest BCUT2D eigenvalue weighted by Gasteiger charge is 2.74. The first kappa shape index (κ1) is 19.0. The molecule has 0 aliphatic rings. The van der Waals surface area contributed by atoms with Crippen molar-refractivity contribution in [1.82, 2.24) is 0 Å². The second-order valence-corrected chi connectivity index (χ2v) is 8.54. The van der Waals surface area contributed by atoms with Gasteiger partial charge >= 0.3 is 20.4 Å². The van der Waals surface area contributed by atoms with E-state index in [0.29, 0.717) is 0 Å². The molecule has 0 aromatic heterocycles. The van der Waals surface area contributed by atoms with E-state index in [1.807, 2.05) is 0 Å². The number of halogens is 14. The average molecular weight is 402 g/mol. The number of rotatable bonds is 2. The number of hydrogen-bond acceptors (Lipinski definition) is 0. The Morgan fingerprint density at radius 3 is 0.591 bits per heavy atom. The van der Waals surface area contributed by atoms with E-state index in [4.69, 9.17) is 0 Å². The summed E-state index contributed by atoms with van der Waals surface area (Å²) in [7, 11) is -23.1. The molecular weight excluding hydrogens is 402 g/mol. The molecule has 0 spiro atoms. The molecule has 0 saturated heterocycles. The minimum absolute atomic E-state index is 4.33. The van der Waals surface area contributed by atoms with Crippen LogP contribution in [0, 0.1) is 23.3 Å². The summed E-state index contributed by atoms with van der Waals surface area (Å²) < 4.78 is 173. The van der Waals surface area contributed by atoms with Crippen molar-refractivity contribution in [2.75, 3.05) is 0 Å². The van der Waals surface area contributed by atoms with Crippen molar-refractivity contribution in [3.63, 3.8) is 0 Å². The molecule has 1 aromatic rings. The minimum atomic E-state index is -11.6. The maximum atomic E-state index is 12.8. The lowest BCUT2D eigenvalue weighted by Gasteiger charge is -2.43. The van der Waals surface area contributed by atoms with Crippen molar-refractivity contribution in [2.24, 2.45) is 0 Å². The average Bonchev–Trinajstić information content (AvgIpc) is 2.05. The van der Waals surface area contributed by atoms with Crippen molar-refractivity contribution in [1.29, 1.82) is 0 Å². The number of hydrogen-bond donors (Lipinski definition) is 0. The third-order valence-corrected chi connectivity index (χ3v) is 4.21. The molecule has 0 heterocycles. The highest BCUT2D eigenvalue weighted by Crippen LogP contribution is 3.05. The molecule has 0 fully saturated rings. The van der Waals surface area contributed by atoms with Crippen LogP contribution in [0.1, 0.15) is 0 Å². The Labute approximate surface area is 111 Å². The lowest BCUT2D eigenvalue weighted by atomic mass is 10.3. The SMILES string of the molecule is Fc1c(F)c(S(F)(F)(F)(F)F)c(F)c(F)c1S(F)(F)(F)(F)F. The van der Waals surface area contributed by atoms with Gasteiger partial charge in [0.2, 0.25) is 0 Å². The van der Waals surface area contributed by atoms with Crippen LogP contribution in [0.4, 0.5) is 56.4 Å². The summed E-state index contributed by atoms with van der Waals surface area (Å²) >= 11 is 0. The summed E-state index contributed by atoms with van der Waals surface area (Å²) in [5, 5.41) is 0. The molecule has 0 aliphatic carbocycles. The van der Waals surface area contributed by atoms with Gasteiger partial charge in [-0.2, -0.15) is 0 Å². The van der Waals surface area contributed by atoms with Crippen molar-refractivity contribution >= 4 is 20.4 Å². The summed E-state index contributed by atoms with van der Waals surface area (Å²) in [5.74, 6) is -17.3. The van der Waals surface area contributed by atoms with Crippen molar-refractivity contribution in [3.05, 3.63) is 23.3 Å². The van der Waals surface area contributed by atoms with Crippen molar-refractivity contribution < 1.29 is 56.4 Å². The van der Waals surface area contributed by atoms with E-state index in [1.165, 1.54) is 0 Å². The summed E-state index contributed by atoms with van der Waals surface area (Å²) in [6.45, 7) is 0. The third-order valence-electron chi connectivity index (χ3n) is 1.95. The zero-order chi connectivity index (χ0) is 18.3. The summed E-state index contributed by atoms with van der Waals surface area (Å²) in [6.07, 6.45) is 0. The Balaban J connectivity index is 4.20. The second kappa shape index (κ2) is 3.25. The molecule has 0 aliphatic heterocycles. The third kappa shape index (κ3) is 3.31. The Bertz CT molecular complexity index is 587. The van der Waals surface area contributed by atoms with E-state index < -0.39 is 53.5 Å². The summed E-state index contributed by atoms with van der Waals surface area (Å²) in [5.41, 5.74) is 0. The van der Waals surface area contributed by atoms with E-state index in [-0.39, 0.29) is 0 Å². The molecule has 0 nitrogen and oxygen atoms in total. The van der Waals surface area contributed by atoms with Gasteiger partial charge in [0.1, 0.15) is 0 Å². The van der Waals surface area contributed by atoms with Gasteiger partial charge in [-0.15, -0.1) is 0 Å². The largest absolute Gasteiger partial charge is 0.316 e. The van der Waals surface area contributed by atoms with E-state index >= 15 is 0 Å². The molecule has 134 valence electrons. The van der Waals surface area contributed by atoms with Gasteiger partial charge in [0.15, 0.2) is 33.1 Å². The van der Waals surface area contributed by atoms with E-state index in [1.54, 1.807) is 0 Å². The van der Waals surface area contributed by atoms with E-state index in [2.05, 4.69) is 0 Å². The molecule has 22 heavy (non-hydrogen) atoms. The van der Waals surface area contributed by atoms with Crippen LogP contribution in [0.15, 0.2) is 9.79 Å². The standard InChI is InChI=1S/C6F14S2/c7-1-2(8)6(22(16,17,18,19)20)4(10)3(9)5(1)21(11,12,13,14)15. The Kier molecular flexibility index (Phi) is 2.80. The van der Waals surface area contributed by atoms with Crippen molar-refractivity contribution in [3.8, 4) is 0 Å². The predicted molar refractivity (Wildman–Crippen MR) is 49.1 cm³/mol. The van der Waals surface area contributed by atoms with Crippen molar-refractivity contribution in [2.45, 2.75) is 9.79 Å². The highest BCUT2D eigenvalue weighted by molar-refractivity contribution is 8.46. The van der Waals surface area contributed by atoms with Gasteiger partial charge in [-0.1, -0.05) is 38.9 Å². The Morgan fingerprint density at radius 2 is 0.500 bits per heavy atom. The van der Waals surface area contributed by atoms with E-state index in [0.717, 1.165) is 0 Å². The smallest absolute Gasteiger partial charge is 0.202 e. The van der Waals surface area contributed by atoms with Gasteiger partial charge in [0.25, 0.3) is 0 Å². The van der Waals surface area contributed by atoms with Gasteiger partial charge in [-0.3, -0.25) is 0 Å². The van der Waals surface area contributed by atoms with Crippen LogP contribution in [0.2, 0.25) is 0 Å². The van der Waals surface area contributed by atoms with Crippen LogP contribution in [0.5, 0.6) is 0 Å². The topological polar surface area (TPSA) is 0 Å². The predicted octanol–water partition coefficient (Wildman–Crippen LogP) is 7.56. The fourth-order valence-electron chi connectivity index (χ4n) is 1.27. The first-order valence-corrected chi connectivity index (χ1v) is 8.11. The van der Waals surface area contributed by atoms with Crippen LogP contribution >= 0.6 is 20.4 Å². The van der Waals surface area contributed by atoms with Crippen LogP contribution < -0.4 is 0 Å². The highest BCUT2D eigenvalue weighted by atomic mass is 32.5. The van der Waals surface area contributed by atoms with Gasteiger partial charge in [0.05, 0.1) is 0 Å². The molecule has 1 rings (SSSR count). The van der Waals surface area contributed by atoms with Gasteiger partial charge in [-0.25, -0.2) is 17.6 Å². The molecule has 0 saturated carbocycles. The van der Waals surface area contributed by atoms with Crippen LogP contribution in [0.25, 0.3) is 0 Å². The molecule has 0 radical (unpaired) electrons. The van der Waals surface area contributed by atoms with Crippen LogP contribution in [0.3, 0.4) is 0 Å². The maximum absolute atomic E-state index is 12.8. The fourth-order valence-corrected chi connectivity index (χ4v) is 2.98. The molecule has 1 aromatic carbocycles. The molecule has 16 heteroatoms. The first-order chi connectivity index (χ1) is 8.86. The zero-order valence-electron chi connectivity index (χ0n) is 9.11. The molecular formula is C6F14S2. The summed E-state index contributed by atoms with van der Waals surface area (Å²) in [6, 6.07) is 0. The molecule has 0 atom stereocenters. The number of benzene rings is 1. The molecule has 0 amide bonds. The quantitative estimate of drug-likeness (QED) is 0.354. The molecule has 0 N–H and O–H groups in total. The lowest BCUT2D eigenvalue weighted by Crippen LogP contribution is -2.20. The van der Waals surface area contributed by atoms with E-state index in [9.17, 15) is 56.4 Å². The normalized spacial score (nSPS) is 19.9. The summed E-state index contributed by atoms with van der Waals surface area (Å²) in [4.78, 5) is -9.25. The van der Waals surface area contributed by atoms with Gasteiger partial charge < -0.3 is 0 Å². The lowest BCUT2D eigenvalue weighted by molar-refractivity contribution is 0.300. The monoisotopic (exact) mass is 402 g/mol. The first-order valence-electron chi connectivity index (χ1n) is 4.21. The zero-order valence-corrected chi connectivity index (χ0v) is 10.7. The Hall–Kier alpha value is -1.06. The van der Waals surface area contributed by atoms with Crippen LogP contribution in [-0.2, 0) is 0 Å². The second-order valence-electron chi connectivity index (χ2n) is 3.85. The van der Waals surface area contributed by atoms with Gasteiger partial charge in [-0.05, 0) is 0 Å². The fraction of sp³-hybridized carbons (Fsp3) is 0.